The molecule has 0 radical (unpaired) electrons. The number of nitrogens with one attached hydrogen (secondary N) is 1. The van der Waals surface area contributed by atoms with Crippen molar-refractivity contribution in [3.8, 4) is 0 Å². The Bertz CT molecular complexity index is 166. The largest absolute Gasteiger partial charge is 0.356 e. The van der Waals surface area contributed by atoms with E-state index in [0.717, 1.165) is 38.6 Å². The third-order valence-corrected chi connectivity index (χ3v) is 2.41. The van der Waals surface area contributed by atoms with E-state index in [4.69, 9.17) is 0 Å². The van der Waals surface area contributed by atoms with E-state index >= 15 is 0 Å². The van der Waals surface area contributed by atoms with E-state index in [0.29, 0.717) is 6.42 Å². The van der Waals surface area contributed by atoms with E-state index < -0.39 is 0 Å². The van der Waals surface area contributed by atoms with Gasteiger partial charge in [0.15, 0.2) is 0 Å². The predicted molar refractivity (Wildman–Crippen MR) is 65.8 cm³/mol. The first-order chi connectivity index (χ1) is 7.31. The zero-order chi connectivity index (χ0) is 11.4. The third-order valence-electron chi connectivity index (χ3n) is 2.41. The van der Waals surface area contributed by atoms with E-state index in [-0.39, 0.29) is 5.91 Å². The van der Waals surface area contributed by atoms with Crippen LogP contribution in [-0.4, -0.2) is 12.5 Å². The second-order valence-corrected chi connectivity index (χ2v) is 3.95. The van der Waals surface area contributed by atoms with Crippen molar-refractivity contribution in [2.75, 3.05) is 6.54 Å². The molecule has 2 heteroatoms. The van der Waals surface area contributed by atoms with Gasteiger partial charge in [-0.2, -0.15) is 0 Å². The fourth-order valence-electron chi connectivity index (χ4n) is 1.44. The fourth-order valence-corrected chi connectivity index (χ4v) is 1.44. The van der Waals surface area contributed by atoms with Crippen LogP contribution in [0.2, 0.25) is 0 Å². The van der Waals surface area contributed by atoms with E-state index in [2.05, 4.69) is 18.8 Å². The van der Waals surface area contributed by atoms with Crippen molar-refractivity contribution in [2.24, 2.45) is 0 Å². The van der Waals surface area contributed by atoms with E-state index in [1.54, 1.807) is 0 Å². The molecule has 0 fully saturated rings. The highest BCUT2D eigenvalue weighted by Gasteiger charge is 1.99. The number of carbonyl (C=O) groups is 1. The van der Waals surface area contributed by atoms with Crippen LogP contribution in [0.4, 0.5) is 0 Å². The van der Waals surface area contributed by atoms with Crippen LogP contribution in [0.3, 0.4) is 0 Å². The molecule has 0 saturated carbocycles. The summed E-state index contributed by atoms with van der Waals surface area (Å²) in [6.07, 6.45) is 10.5. The summed E-state index contributed by atoms with van der Waals surface area (Å²) in [7, 11) is 0. The molecule has 0 aromatic carbocycles. The first-order valence-corrected chi connectivity index (χ1v) is 6.18. The maximum Gasteiger partial charge on any atom is 0.219 e. The number of unbranched alkanes of at least 4 members (excludes halogenated alkanes) is 5. The number of allylic oxidation sites excluding steroid dienone is 1. The summed E-state index contributed by atoms with van der Waals surface area (Å²) >= 11 is 0. The van der Waals surface area contributed by atoms with Crippen molar-refractivity contribution in [1.29, 1.82) is 0 Å². The van der Waals surface area contributed by atoms with Crippen molar-refractivity contribution in [1.82, 2.24) is 5.32 Å². The highest BCUT2D eigenvalue weighted by molar-refractivity contribution is 5.75. The Morgan fingerprint density at radius 2 is 2.00 bits per heavy atom. The van der Waals surface area contributed by atoms with E-state index in [1.165, 1.54) is 12.8 Å². The number of rotatable bonds is 10. The van der Waals surface area contributed by atoms with Gasteiger partial charge >= 0.3 is 0 Å². The summed E-state index contributed by atoms with van der Waals surface area (Å²) < 4.78 is 0. The smallest absolute Gasteiger partial charge is 0.219 e. The summed E-state index contributed by atoms with van der Waals surface area (Å²) in [5, 5.41) is 2.95. The summed E-state index contributed by atoms with van der Waals surface area (Å²) in [5.74, 6) is 0.213. The van der Waals surface area contributed by atoms with Crippen LogP contribution in [-0.2, 0) is 4.79 Å². The van der Waals surface area contributed by atoms with Crippen LogP contribution in [0.5, 0.6) is 0 Å². The van der Waals surface area contributed by atoms with Crippen LogP contribution >= 0.6 is 0 Å². The summed E-state index contributed by atoms with van der Waals surface area (Å²) in [5.41, 5.74) is 0. The van der Waals surface area contributed by atoms with Crippen molar-refractivity contribution in [3.63, 3.8) is 0 Å². The summed E-state index contributed by atoms with van der Waals surface area (Å²) in [6, 6.07) is 0. The average Bonchev–Trinajstić information content (AvgIpc) is 2.24. The first kappa shape index (κ1) is 14.2. The molecule has 0 bridgehead atoms. The molecule has 0 aromatic rings. The topological polar surface area (TPSA) is 29.1 Å². The number of hydrogen-bond acceptors (Lipinski definition) is 1. The number of amides is 1. The molecule has 0 atom stereocenters. The van der Waals surface area contributed by atoms with Gasteiger partial charge in [0, 0.05) is 13.0 Å². The first-order valence-electron chi connectivity index (χ1n) is 6.18. The minimum Gasteiger partial charge on any atom is -0.356 e. The van der Waals surface area contributed by atoms with Gasteiger partial charge in [0.05, 0.1) is 0 Å². The lowest BCUT2D eigenvalue weighted by Crippen LogP contribution is -2.23. The summed E-state index contributed by atoms with van der Waals surface area (Å²) in [6.45, 7) is 6.69. The molecule has 0 aliphatic heterocycles. The molecule has 15 heavy (non-hydrogen) atoms. The second-order valence-electron chi connectivity index (χ2n) is 3.95. The molecule has 2 nitrogen and oxygen atoms in total. The predicted octanol–water partition coefficient (Wildman–Crippen LogP) is 3.43. The van der Waals surface area contributed by atoms with Crippen LogP contribution < -0.4 is 5.32 Å². The molecular weight excluding hydrogens is 186 g/mol. The zero-order valence-corrected chi connectivity index (χ0v) is 10.1. The maximum absolute atomic E-state index is 11.3. The second kappa shape index (κ2) is 11.3. The molecule has 0 aromatic heterocycles. The molecule has 0 spiro atoms. The Morgan fingerprint density at radius 1 is 1.20 bits per heavy atom. The monoisotopic (exact) mass is 211 g/mol. The highest BCUT2D eigenvalue weighted by atomic mass is 16.1. The van der Waals surface area contributed by atoms with Crippen molar-refractivity contribution < 1.29 is 4.79 Å². The van der Waals surface area contributed by atoms with Gasteiger partial charge in [0.2, 0.25) is 5.91 Å². The van der Waals surface area contributed by atoms with Gasteiger partial charge in [-0.1, -0.05) is 32.3 Å². The number of hydrogen-bond donors (Lipinski definition) is 1. The lowest BCUT2D eigenvalue weighted by molar-refractivity contribution is -0.121. The van der Waals surface area contributed by atoms with Gasteiger partial charge in [-0.25, -0.2) is 0 Å². The molecule has 0 heterocycles. The maximum atomic E-state index is 11.3. The Hall–Kier alpha value is -0.790. The Labute approximate surface area is 94.1 Å². The third kappa shape index (κ3) is 11.1. The molecule has 0 rings (SSSR count). The fraction of sp³-hybridized carbons (Fsp3) is 0.769. The van der Waals surface area contributed by atoms with Gasteiger partial charge < -0.3 is 5.32 Å². The molecule has 0 unspecified atom stereocenters. The molecule has 1 amide bonds. The van der Waals surface area contributed by atoms with Gasteiger partial charge in [0.25, 0.3) is 0 Å². The quantitative estimate of drug-likeness (QED) is 0.435. The normalized spacial score (nSPS) is 9.93. The molecule has 0 aliphatic rings. The van der Waals surface area contributed by atoms with Crippen LogP contribution in [0.25, 0.3) is 0 Å². The van der Waals surface area contributed by atoms with Crippen LogP contribution in [0.15, 0.2) is 12.7 Å². The van der Waals surface area contributed by atoms with Crippen LogP contribution in [0.1, 0.15) is 58.3 Å². The van der Waals surface area contributed by atoms with Gasteiger partial charge in [-0.15, -0.1) is 6.58 Å². The van der Waals surface area contributed by atoms with Crippen molar-refractivity contribution in [3.05, 3.63) is 12.7 Å². The molecular formula is C13H25NO. The van der Waals surface area contributed by atoms with Gasteiger partial charge in [0.1, 0.15) is 0 Å². The Morgan fingerprint density at radius 3 is 2.67 bits per heavy atom. The van der Waals surface area contributed by atoms with Crippen molar-refractivity contribution in [2.45, 2.75) is 58.3 Å². The van der Waals surface area contributed by atoms with Gasteiger partial charge in [-0.3, -0.25) is 4.79 Å². The molecule has 0 saturated heterocycles. The Kier molecular flexibility index (Phi) is 10.7. The van der Waals surface area contributed by atoms with Gasteiger partial charge in [-0.05, 0) is 25.7 Å². The minimum absolute atomic E-state index is 0.213. The lowest BCUT2D eigenvalue weighted by Gasteiger charge is -2.04. The molecule has 0 aliphatic carbocycles. The van der Waals surface area contributed by atoms with E-state index in [9.17, 15) is 4.79 Å². The standard InChI is InChI=1S/C13H25NO/c1-3-5-7-8-9-11-13(15)14-12-10-6-4-2/h3H,1,4-12H2,2H3,(H,14,15). The minimum atomic E-state index is 0.213. The Balaban J connectivity index is 3.15. The average molecular weight is 211 g/mol. The summed E-state index contributed by atoms with van der Waals surface area (Å²) in [4.78, 5) is 11.3. The SMILES string of the molecule is C=CCCCCCC(=O)NCCCCC. The molecule has 88 valence electrons. The zero-order valence-electron chi connectivity index (χ0n) is 10.1. The molecule has 1 N–H and O–H groups in total. The lowest BCUT2D eigenvalue weighted by atomic mass is 10.1. The van der Waals surface area contributed by atoms with Crippen molar-refractivity contribution >= 4 is 5.91 Å². The highest BCUT2D eigenvalue weighted by Crippen LogP contribution is 2.03. The number of carbonyl (C=O) groups excluding carboxylic acids is 1. The van der Waals surface area contributed by atoms with E-state index in [1.807, 2.05) is 6.08 Å². The van der Waals surface area contributed by atoms with Crippen LogP contribution in [0, 0.1) is 0 Å².